The predicted octanol–water partition coefficient (Wildman–Crippen LogP) is 1.09. The molecule has 2 aromatic rings. The van der Waals surface area contributed by atoms with Gasteiger partial charge in [-0.1, -0.05) is 11.6 Å². The molecule has 0 saturated heterocycles. The number of nitrogens with two attached hydrogens (primary N) is 1. The SMILES string of the molecule is Cc1nn(C)c(Cn2ccnc2CN)c1Cl. The maximum atomic E-state index is 6.18. The zero-order valence-electron chi connectivity index (χ0n) is 9.31. The van der Waals surface area contributed by atoms with Crippen molar-refractivity contribution in [2.75, 3.05) is 0 Å². The standard InChI is InChI=1S/C10H14ClN5/c1-7-10(11)8(15(2)14-7)6-16-4-3-13-9(16)5-12/h3-4H,5-6,12H2,1-2H3. The van der Waals surface area contributed by atoms with Crippen LogP contribution in [0.4, 0.5) is 0 Å². The van der Waals surface area contributed by atoms with Crippen LogP contribution in [0.1, 0.15) is 17.2 Å². The van der Waals surface area contributed by atoms with Crippen molar-refractivity contribution in [1.29, 1.82) is 0 Å². The van der Waals surface area contributed by atoms with E-state index >= 15 is 0 Å². The molecule has 0 bridgehead atoms. The molecular formula is C10H14ClN5. The van der Waals surface area contributed by atoms with E-state index in [1.165, 1.54) is 0 Å². The summed E-state index contributed by atoms with van der Waals surface area (Å²) < 4.78 is 3.76. The van der Waals surface area contributed by atoms with E-state index in [9.17, 15) is 0 Å². The van der Waals surface area contributed by atoms with Crippen molar-refractivity contribution in [3.05, 3.63) is 34.6 Å². The lowest BCUT2D eigenvalue weighted by Crippen LogP contribution is -2.11. The first kappa shape index (κ1) is 11.2. The Kier molecular flexibility index (Phi) is 2.98. The maximum absolute atomic E-state index is 6.18. The molecule has 16 heavy (non-hydrogen) atoms. The second-order valence-electron chi connectivity index (χ2n) is 3.65. The molecule has 2 aromatic heterocycles. The highest BCUT2D eigenvalue weighted by Gasteiger charge is 2.12. The van der Waals surface area contributed by atoms with Crippen LogP contribution in [0.15, 0.2) is 12.4 Å². The summed E-state index contributed by atoms with van der Waals surface area (Å²) in [5.74, 6) is 0.843. The molecule has 2 heterocycles. The summed E-state index contributed by atoms with van der Waals surface area (Å²) in [4.78, 5) is 4.16. The molecule has 0 radical (unpaired) electrons. The second kappa shape index (κ2) is 4.27. The molecular weight excluding hydrogens is 226 g/mol. The molecule has 0 fully saturated rings. The zero-order valence-corrected chi connectivity index (χ0v) is 10.1. The van der Waals surface area contributed by atoms with Crippen molar-refractivity contribution in [2.24, 2.45) is 12.8 Å². The maximum Gasteiger partial charge on any atom is 0.122 e. The van der Waals surface area contributed by atoms with Gasteiger partial charge in [0.05, 0.1) is 29.5 Å². The van der Waals surface area contributed by atoms with Gasteiger partial charge in [-0.2, -0.15) is 5.10 Å². The van der Waals surface area contributed by atoms with E-state index in [0.717, 1.165) is 17.2 Å². The number of aryl methyl sites for hydroxylation is 2. The molecule has 0 aliphatic heterocycles. The fraction of sp³-hybridized carbons (Fsp3) is 0.400. The van der Waals surface area contributed by atoms with Crippen molar-refractivity contribution in [2.45, 2.75) is 20.0 Å². The van der Waals surface area contributed by atoms with Crippen LogP contribution >= 0.6 is 11.6 Å². The summed E-state index contributed by atoms with van der Waals surface area (Å²) in [6, 6.07) is 0. The molecule has 0 aromatic carbocycles. The molecule has 6 heteroatoms. The molecule has 0 spiro atoms. The third kappa shape index (κ3) is 1.83. The van der Waals surface area contributed by atoms with E-state index in [2.05, 4.69) is 10.1 Å². The zero-order chi connectivity index (χ0) is 11.7. The van der Waals surface area contributed by atoms with Crippen LogP contribution in [0.5, 0.6) is 0 Å². The van der Waals surface area contributed by atoms with Gasteiger partial charge in [-0.15, -0.1) is 0 Å². The minimum absolute atomic E-state index is 0.418. The van der Waals surface area contributed by atoms with Crippen LogP contribution in [0.2, 0.25) is 5.02 Å². The van der Waals surface area contributed by atoms with E-state index in [1.807, 2.05) is 24.7 Å². The molecule has 0 aliphatic rings. The number of hydrogen-bond acceptors (Lipinski definition) is 3. The summed E-state index contributed by atoms with van der Waals surface area (Å²) in [7, 11) is 1.88. The number of imidazole rings is 1. The minimum atomic E-state index is 0.418. The largest absolute Gasteiger partial charge is 0.328 e. The Labute approximate surface area is 98.8 Å². The molecule has 0 atom stereocenters. The van der Waals surface area contributed by atoms with Gasteiger partial charge < -0.3 is 10.3 Å². The Hall–Kier alpha value is -1.33. The Balaban J connectivity index is 2.34. The summed E-state index contributed by atoms with van der Waals surface area (Å²) in [5, 5.41) is 4.97. The highest BCUT2D eigenvalue weighted by Crippen LogP contribution is 2.20. The highest BCUT2D eigenvalue weighted by atomic mass is 35.5. The topological polar surface area (TPSA) is 61.7 Å². The Morgan fingerprint density at radius 1 is 1.50 bits per heavy atom. The van der Waals surface area contributed by atoms with E-state index in [0.29, 0.717) is 18.1 Å². The van der Waals surface area contributed by atoms with Gasteiger partial charge in [0.15, 0.2) is 0 Å². The fourth-order valence-corrected chi connectivity index (χ4v) is 1.91. The predicted molar refractivity (Wildman–Crippen MR) is 62.2 cm³/mol. The van der Waals surface area contributed by atoms with Crippen molar-refractivity contribution < 1.29 is 0 Å². The highest BCUT2D eigenvalue weighted by molar-refractivity contribution is 6.31. The second-order valence-corrected chi connectivity index (χ2v) is 4.02. The number of aromatic nitrogens is 4. The lowest BCUT2D eigenvalue weighted by atomic mass is 10.3. The molecule has 0 aliphatic carbocycles. The number of hydrogen-bond donors (Lipinski definition) is 1. The molecule has 86 valence electrons. The van der Waals surface area contributed by atoms with Crippen molar-refractivity contribution in [3.63, 3.8) is 0 Å². The van der Waals surface area contributed by atoms with Crippen LogP contribution < -0.4 is 5.73 Å². The lowest BCUT2D eigenvalue weighted by molar-refractivity contribution is 0.642. The van der Waals surface area contributed by atoms with Crippen LogP contribution in [0.25, 0.3) is 0 Å². The number of rotatable bonds is 3. The summed E-state index contributed by atoms with van der Waals surface area (Å²) >= 11 is 6.18. The first-order chi connectivity index (χ1) is 7.63. The molecule has 0 saturated carbocycles. The normalized spacial score (nSPS) is 11.0. The molecule has 0 amide bonds. The lowest BCUT2D eigenvalue weighted by Gasteiger charge is -2.07. The quantitative estimate of drug-likeness (QED) is 0.872. The number of halogens is 1. The van der Waals surface area contributed by atoms with Gasteiger partial charge in [-0.3, -0.25) is 4.68 Å². The monoisotopic (exact) mass is 239 g/mol. The van der Waals surface area contributed by atoms with Crippen molar-refractivity contribution >= 4 is 11.6 Å². The average Bonchev–Trinajstić information content (AvgIpc) is 2.79. The van der Waals surface area contributed by atoms with Crippen molar-refractivity contribution in [3.8, 4) is 0 Å². The summed E-state index contributed by atoms with van der Waals surface area (Å²) in [5.41, 5.74) is 7.40. The first-order valence-electron chi connectivity index (χ1n) is 5.01. The Morgan fingerprint density at radius 2 is 2.25 bits per heavy atom. The molecule has 2 rings (SSSR count). The Bertz CT molecular complexity index is 499. The Morgan fingerprint density at radius 3 is 2.81 bits per heavy atom. The molecule has 5 nitrogen and oxygen atoms in total. The van der Waals surface area contributed by atoms with Gasteiger partial charge in [0.25, 0.3) is 0 Å². The van der Waals surface area contributed by atoms with Crippen LogP contribution in [-0.2, 0) is 20.1 Å². The average molecular weight is 240 g/mol. The summed E-state index contributed by atoms with van der Waals surface area (Å²) in [6.07, 6.45) is 3.63. The summed E-state index contributed by atoms with van der Waals surface area (Å²) in [6.45, 7) is 2.95. The van der Waals surface area contributed by atoms with E-state index in [-0.39, 0.29) is 0 Å². The van der Waals surface area contributed by atoms with Gasteiger partial charge in [-0.25, -0.2) is 4.98 Å². The van der Waals surface area contributed by atoms with E-state index in [1.54, 1.807) is 10.9 Å². The van der Waals surface area contributed by atoms with Crippen molar-refractivity contribution in [1.82, 2.24) is 19.3 Å². The number of nitrogens with zero attached hydrogens (tertiary/aromatic N) is 4. The van der Waals surface area contributed by atoms with Crippen LogP contribution in [-0.4, -0.2) is 19.3 Å². The fourth-order valence-electron chi connectivity index (χ4n) is 1.69. The van der Waals surface area contributed by atoms with Gasteiger partial charge in [-0.05, 0) is 6.92 Å². The van der Waals surface area contributed by atoms with Gasteiger partial charge in [0, 0.05) is 19.4 Å². The van der Waals surface area contributed by atoms with Gasteiger partial charge >= 0.3 is 0 Å². The molecule has 0 unspecified atom stereocenters. The van der Waals surface area contributed by atoms with Crippen LogP contribution in [0.3, 0.4) is 0 Å². The van der Waals surface area contributed by atoms with Gasteiger partial charge in [0.1, 0.15) is 5.82 Å². The molecule has 2 N–H and O–H groups in total. The third-order valence-electron chi connectivity index (χ3n) is 2.57. The third-order valence-corrected chi connectivity index (χ3v) is 3.06. The van der Waals surface area contributed by atoms with E-state index < -0.39 is 0 Å². The minimum Gasteiger partial charge on any atom is -0.328 e. The van der Waals surface area contributed by atoms with Gasteiger partial charge in [0.2, 0.25) is 0 Å². The van der Waals surface area contributed by atoms with Crippen LogP contribution in [0, 0.1) is 6.92 Å². The first-order valence-corrected chi connectivity index (χ1v) is 5.39. The van der Waals surface area contributed by atoms with E-state index in [4.69, 9.17) is 17.3 Å². The smallest absolute Gasteiger partial charge is 0.122 e.